The molecule has 1 aromatic heterocycles. The average molecular weight is 480 g/mol. The Balaban J connectivity index is 1.34. The van der Waals surface area contributed by atoms with Gasteiger partial charge in [-0.15, -0.1) is 10.2 Å². The first-order valence-electron chi connectivity index (χ1n) is 12.3. The summed E-state index contributed by atoms with van der Waals surface area (Å²) >= 11 is 0. The second-order valence-electron chi connectivity index (χ2n) is 9.01. The van der Waals surface area contributed by atoms with Crippen LogP contribution < -0.4 is 5.73 Å². The van der Waals surface area contributed by atoms with Crippen molar-refractivity contribution in [3.8, 4) is 22.5 Å². The number of nitrogens with one attached hydrogen (secondary N) is 1. The van der Waals surface area contributed by atoms with Crippen molar-refractivity contribution in [2.75, 3.05) is 5.73 Å². The first-order chi connectivity index (χ1) is 17.6. The molecule has 0 bridgehead atoms. The van der Waals surface area contributed by atoms with Gasteiger partial charge in [0.15, 0.2) is 0 Å². The summed E-state index contributed by atoms with van der Waals surface area (Å²) in [5, 5.41) is 14.5. The Labute approximate surface area is 210 Å². The molecule has 8 nitrogen and oxygen atoms in total. The fourth-order valence-corrected chi connectivity index (χ4v) is 4.50. The van der Waals surface area contributed by atoms with Crippen molar-refractivity contribution in [3.05, 3.63) is 83.9 Å². The highest BCUT2D eigenvalue weighted by Crippen LogP contribution is 2.30. The van der Waals surface area contributed by atoms with Gasteiger partial charge in [0, 0.05) is 24.1 Å². The number of carbonyl (C=O) groups excluding carboxylic acids is 1. The Morgan fingerprint density at radius 3 is 2.36 bits per heavy atom. The van der Waals surface area contributed by atoms with E-state index < -0.39 is 0 Å². The van der Waals surface area contributed by atoms with Crippen LogP contribution >= 0.6 is 0 Å². The van der Waals surface area contributed by atoms with E-state index in [2.05, 4.69) is 51.8 Å². The van der Waals surface area contributed by atoms with Gasteiger partial charge < -0.3 is 5.73 Å². The maximum atomic E-state index is 13.4. The first kappa shape index (κ1) is 23.4. The topological polar surface area (TPSA) is 113 Å². The molecule has 36 heavy (non-hydrogen) atoms. The molecule has 1 aliphatic rings. The molecule has 5 rings (SSSR count). The number of amides is 1. The van der Waals surface area contributed by atoms with E-state index in [0.29, 0.717) is 24.5 Å². The molecule has 1 aliphatic heterocycles. The van der Waals surface area contributed by atoms with Crippen molar-refractivity contribution in [2.45, 2.75) is 45.2 Å². The third-order valence-electron chi connectivity index (χ3n) is 6.45. The molecular weight excluding hydrogens is 450 g/mol. The lowest BCUT2D eigenvalue weighted by Crippen LogP contribution is -2.35. The van der Waals surface area contributed by atoms with E-state index in [1.807, 2.05) is 53.4 Å². The number of rotatable bonds is 9. The van der Waals surface area contributed by atoms with Gasteiger partial charge in [-0.25, -0.2) is 0 Å². The number of H-pyrrole nitrogens is 1. The minimum atomic E-state index is -0.387. The Kier molecular flexibility index (Phi) is 6.84. The Hall–Kier alpha value is -4.33. The van der Waals surface area contributed by atoms with Gasteiger partial charge in [-0.2, -0.15) is 5.21 Å². The van der Waals surface area contributed by atoms with Crippen LogP contribution in [0.5, 0.6) is 0 Å². The number of hydrogen-bond acceptors (Lipinski definition) is 6. The van der Waals surface area contributed by atoms with Crippen LogP contribution in [0, 0.1) is 0 Å². The van der Waals surface area contributed by atoms with Gasteiger partial charge in [-0.3, -0.25) is 14.7 Å². The Morgan fingerprint density at radius 1 is 0.944 bits per heavy atom. The summed E-state index contributed by atoms with van der Waals surface area (Å²) in [6, 6.07) is 23.6. The number of carbonyl (C=O) groups is 1. The molecular formula is C28H29N7O. The van der Waals surface area contributed by atoms with Crippen molar-refractivity contribution in [1.29, 1.82) is 0 Å². The Bertz CT molecular complexity index is 1350. The first-order valence-corrected chi connectivity index (χ1v) is 12.3. The van der Waals surface area contributed by atoms with Crippen molar-refractivity contribution in [2.24, 2.45) is 4.99 Å². The van der Waals surface area contributed by atoms with E-state index in [0.717, 1.165) is 52.9 Å². The molecule has 2 heterocycles. The van der Waals surface area contributed by atoms with Crippen LogP contribution in [0.25, 0.3) is 22.5 Å². The highest BCUT2D eigenvalue weighted by molar-refractivity contribution is 6.05. The van der Waals surface area contributed by atoms with Crippen LogP contribution in [-0.4, -0.2) is 43.3 Å². The lowest BCUT2D eigenvalue weighted by Gasteiger charge is -2.20. The molecule has 3 aromatic carbocycles. The van der Waals surface area contributed by atoms with E-state index in [-0.39, 0.29) is 11.9 Å². The number of amidine groups is 1. The Morgan fingerprint density at radius 2 is 1.67 bits per heavy atom. The van der Waals surface area contributed by atoms with Gasteiger partial charge in [0.2, 0.25) is 5.82 Å². The van der Waals surface area contributed by atoms with E-state index in [1.165, 1.54) is 0 Å². The molecule has 0 saturated heterocycles. The zero-order valence-electron chi connectivity index (χ0n) is 20.3. The van der Waals surface area contributed by atoms with Crippen LogP contribution in [0.2, 0.25) is 0 Å². The second-order valence-corrected chi connectivity index (χ2v) is 9.01. The number of hydrogen-bond donors (Lipinski definition) is 2. The number of nitrogens with zero attached hydrogens (tertiary/aromatic N) is 5. The lowest BCUT2D eigenvalue weighted by molar-refractivity contribution is -0.127. The van der Waals surface area contributed by atoms with Gasteiger partial charge in [0.25, 0.3) is 5.91 Å². The molecule has 8 heteroatoms. The zero-order chi connectivity index (χ0) is 24.9. The third kappa shape index (κ3) is 5.02. The summed E-state index contributed by atoms with van der Waals surface area (Å²) in [6.07, 6.45) is 3.44. The number of aliphatic imine (C=N–C) groups is 1. The van der Waals surface area contributed by atoms with E-state index in [9.17, 15) is 4.79 Å². The third-order valence-corrected chi connectivity index (χ3v) is 6.45. The summed E-state index contributed by atoms with van der Waals surface area (Å²) in [7, 11) is 0. The molecule has 1 unspecified atom stereocenters. The number of aromatic amines is 1. The minimum Gasteiger partial charge on any atom is -0.399 e. The molecule has 0 saturated carbocycles. The molecule has 4 aromatic rings. The molecule has 0 fully saturated rings. The van der Waals surface area contributed by atoms with Gasteiger partial charge in [-0.05, 0) is 46.0 Å². The standard InChI is InChI=1S/C28H29N7O/c1-2-3-8-26-30-25(17-19-11-15-22(29)16-12-19)28(36)35(26)18-20-9-13-21(14-10-20)23-6-4-5-7-24(23)27-31-33-34-32-27/h4-7,9-16,25H,2-3,8,17-18,29H2,1H3,(H,31,32,33,34). The summed E-state index contributed by atoms with van der Waals surface area (Å²) in [5.74, 6) is 1.50. The molecule has 1 amide bonds. The van der Waals surface area contributed by atoms with Crippen molar-refractivity contribution in [3.63, 3.8) is 0 Å². The number of benzene rings is 3. The number of nitrogens with two attached hydrogens (primary N) is 1. The maximum absolute atomic E-state index is 13.4. The molecule has 1 atom stereocenters. The van der Waals surface area contributed by atoms with Gasteiger partial charge >= 0.3 is 0 Å². The fourth-order valence-electron chi connectivity index (χ4n) is 4.50. The summed E-state index contributed by atoms with van der Waals surface area (Å²) < 4.78 is 0. The smallest absolute Gasteiger partial charge is 0.253 e. The molecule has 0 spiro atoms. The van der Waals surface area contributed by atoms with E-state index in [1.54, 1.807) is 0 Å². The number of nitrogen functional groups attached to an aromatic ring is 1. The molecule has 182 valence electrons. The summed E-state index contributed by atoms with van der Waals surface area (Å²) in [5.41, 5.74) is 11.6. The normalized spacial score (nSPS) is 15.4. The minimum absolute atomic E-state index is 0.0597. The van der Waals surface area contributed by atoms with Crippen LogP contribution in [0.3, 0.4) is 0 Å². The van der Waals surface area contributed by atoms with Crippen molar-refractivity contribution >= 4 is 17.4 Å². The quantitative estimate of drug-likeness (QED) is 0.339. The SMILES string of the molecule is CCCCC1=NC(Cc2ccc(N)cc2)C(=O)N1Cc1ccc(-c2ccccc2-c2nn[nH]n2)cc1. The lowest BCUT2D eigenvalue weighted by atomic mass is 9.98. The summed E-state index contributed by atoms with van der Waals surface area (Å²) in [6.45, 7) is 2.66. The zero-order valence-corrected chi connectivity index (χ0v) is 20.3. The predicted octanol–water partition coefficient (Wildman–Crippen LogP) is 4.66. The van der Waals surface area contributed by atoms with Crippen molar-refractivity contribution in [1.82, 2.24) is 25.5 Å². The number of tetrazole rings is 1. The van der Waals surface area contributed by atoms with Gasteiger partial charge in [0.1, 0.15) is 11.9 Å². The predicted molar refractivity (Wildman–Crippen MR) is 141 cm³/mol. The van der Waals surface area contributed by atoms with E-state index >= 15 is 0 Å². The van der Waals surface area contributed by atoms with E-state index in [4.69, 9.17) is 10.7 Å². The van der Waals surface area contributed by atoms with Crippen LogP contribution in [0.15, 0.2) is 77.8 Å². The number of unbranched alkanes of at least 4 members (excludes halogenated alkanes) is 1. The number of anilines is 1. The van der Waals surface area contributed by atoms with Crippen LogP contribution in [-0.2, 0) is 17.8 Å². The van der Waals surface area contributed by atoms with Gasteiger partial charge in [0.05, 0.1) is 6.54 Å². The largest absolute Gasteiger partial charge is 0.399 e. The second kappa shape index (κ2) is 10.5. The van der Waals surface area contributed by atoms with Crippen molar-refractivity contribution < 1.29 is 4.79 Å². The fraction of sp³-hybridized carbons (Fsp3) is 0.250. The average Bonchev–Trinajstić information content (AvgIpc) is 3.54. The van der Waals surface area contributed by atoms with Crippen LogP contribution in [0.4, 0.5) is 5.69 Å². The number of aromatic nitrogens is 4. The monoisotopic (exact) mass is 479 g/mol. The highest BCUT2D eigenvalue weighted by atomic mass is 16.2. The summed E-state index contributed by atoms with van der Waals surface area (Å²) in [4.78, 5) is 20.1. The maximum Gasteiger partial charge on any atom is 0.253 e. The highest BCUT2D eigenvalue weighted by Gasteiger charge is 2.34. The van der Waals surface area contributed by atoms with Gasteiger partial charge in [-0.1, -0.05) is 74.0 Å². The molecule has 0 radical (unpaired) electrons. The van der Waals surface area contributed by atoms with Crippen LogP contribution in [0.1, 0.15) is 37.3 Å². The molecule has 0 aliphatic carbocycles. The molecule has 3 N–H and O–H groups in total.